The Morgan fingerprint density at radius 1 is 1.03 bits per heavy atom. The van der Waals surface area contributed by atoms with Crippen molar-refractivity contribution in [3.8, 4) is 0 Å². The zero-order valence-corrected chi connectivity index (χ0v) is 20.0. The Morgan fingerprint density at radius 2 is 1.67 bits per heavy atom. The number of carbonyl (C=O) groups is 1. The van der Waals surface area contributed by atoms with Crippen LogP contribution in [0.25, 0.3) is 0 Å². The SMILES string of the molecule is Cc1cc(C)nc(NS(=O)(=O)c2ccc(N=NC3SC(=S)N(c4ccccc4)C3=O)cc2)n1. The van der Waals surface area contributed by atoms with E-state index in [1.807, 2.05) is 18.2 Å². The number of carbonyl (C=O) groups excluding carboxylic acids is 1. The molecule has 0 saturated carbocycles. The lowest BCUT2D eigenvalue weighted by Gasteiger charge is -2.14. The number of benzene rings is 2. The number of hydrogen-bond donors (Lipinski definition) is 1. The Morgan fingerprint density at radius 3 is 2.30 bits per heavy atom. The summed E-state index contributed by atoms with van der Waals surface area (Å²) >= 11 is 6.45. The second kappa shape index (κ2) is 9.33. The molecule has 1 saturated heterocycles. The van der Waals surface area contributed by atoms with Crippen LogP contribution in [0.1, 0.15) is 11.4 Å². The third-order valence-corrected chi connectivity index (χ3v) is 7.19. The van der Waals surface area contributed by atoms with E-state index < -0.39 is 15.4 Å². The molecule has 2 aromatic carbocycles. The van der Waals surface area contributed by atoms with Crippen LogP contribution in [-0.4, -0.2) is 34.0 Å². The van der Waals surface area contributed by atoms with E-state index in [0.29, 0.717) is 27.1 Å². The minimum atomic E-state index is -3.88. The summed E-state index contributed by atoms with van der Waals surface area (Å²) in [6, 6.07) is 16.6. The van der Waals surface area contributed by atoms with Gasteiger partial charge in [-0.15, -0.1) is 0 Å². The normalized spacial score (nSPS) is 16.5. The molecule has 3 aromatic rings. The summed E-state index contributed by atoms with van der Waals surface area (Å²) in [5.41, 5.74) is 2.38. The molecule has 2 heterocycles. The molecule has 12 heteroatoms. The van der Waals surface area contributed by atoms with Crippen LogP contribution in [0.2, 0.25) is 0 Å². The molecule has 1 N–H and O–H groups in total. The number of aryl methyl sites for hydroxylation is 2. The van der Waals surface area contributed by atoms with Crippen LogP contribution in [0, 0.1) is 13.8 Å². The van der Waals surface area contributed by atoms with Crippen LogP contribution in [0.3, 0.4) is 0 Å². The number of nitrogens with zero attached hydrogens (tertiary/aromatic N) is 5. The molecule has 1 atom stereocenters. The van der Waals surface area contributed by atoms with E-state index in [0.717, 1.165) is 11.8 Å². The molecule has 4 rings (SSSR count). The molecule has 1 fully saturated rings. The summed E-state index contributed by atoms with van der Waals surface area (Å²) < 4.78 is 28.0. The first-order valence-corrected chi connectivity index (χ1v) is 12.5. The van der Waals surface area contributed by atoms with Gasteiger partial charge in [-0.05, 0) is 56.3 Å². The maximum atomic E-state index is 12.7. The van der Waals surface area contributed by atoms with Crippen molar-refractivity contribution in [2.45, 2.75) is 24.1 Å². The molecular weight excluding hydrogens is 480 g/mol. The van der Waals surface area contributed by atoms with Crippen molar-refractivity contribution >= 4 is 61.6 Å². The monoisotopic (exact) mass is 498 g/mol. The number of sulfonamides is 1. The van der Waals surface area contributed by atoms with E-state index in [1.165, 1.54) is 29.2 Å². The number of rotatable bonds is 6. The van der Waals surface area contributed by atoms with E-state index in [9.17, 15) is 13.2 Å². The number of aromatic nitrogens is 2. The maximum absolute atomic E-state index is 12.7. The molecule has 1 unspecified atom stereocenters. The predicted molar refractivity (Wildman–Crippen MR) is 131 cm³/mol. The summed E-state index contributed by atoms with van der Waals surface area (Å²) in [6.45, 7) is 3.51. The van der Waals surface area contributed by atoms with Crippen LogP contribution in [0.4, 0.5) is 17.3 Å². The average molecular weight is 499 g/mol. The minimum Gasteiger partial charge on any atom is -0.270 e. The van der Waals surface area contributed by atoms with Gasteiger partial charge in [0.15, 0.2) is 0 Å². The summed E-state index contributed by atoms with van der Waals surface area (Å²) in [5, 5.41) is 7.39. The standard InChI is InChI=1S/C21H18N6O3S3/c1-13-12-14(2)23-20(22-13)26-33(29,30)17-10-8-15(9-11-17)24-25-18-19(28)27(21(31)32-18)16-6-4-3-5-7-16/h3-12,18H,1-2H3,(H,22,23,26). The highest BCUT2D eigenvalue weighted by atomic mass is 32.2. The quantitative estimate of drug-likeness (QED) is 0.396. The molecule has 1 aromatic heterocycles. The lowest BCUT2D eigenvalue weighted by molar-refractivity contribution is -0.116. The van der Waals surface area contributed by atoms with Crippen molar-refractivity contribution in [3.05, 3.63) is 72.1 Å². The van der Waals surface area contributed by atoms with Gasteiger partial charge in [-0.25, -0.2) is 23.1 Å². The fraction of sp³-hybridized carbons (Fsp3) is 0.143. The lowest BCUT2D eigenvalue weighted by atomic mass is 10.3. The molecule has 0 radical (unpaired) electrons. The van der Waals surface area contributed by atoms with E-state index in [-0.39, 0.29) is 16.8 Å². The Hall–Kier alpha value is -3.22. The van der Waals surface area contributed by atoms with Gasteiger partial charge in [0.2, 0.25) is 11.3 Å². The molecule has 0 aliphatic carbocycles. The number of amides is 1. The minimum absolute atomic E-state index is 0.00646. The van der Waals surface area contributed by atoms with E-state index >= 15 is 0 Å². The molecule has 33 heavy (non-hydrogen) atoms. The first-order chi connectivity index (χ1) is 15.7. The Bertz CT molecular complexity index is 1330. The molecule has 0 bridgehead atoms. The molecule has 9 nitrogen and oxygen atoms in total. The Labute approximate surface area is 200 Å². The first-order valence-electron chi connectivity index (χ1n) is 9.68. The van der Waals surface area contributed by atoms with Crippen molar-refractivity contribution in [1.82, 2.24) is 9.97 Å². The molecular formula is C21H18N6O3S3. The second-order valence-corrected chi connectivity index (χ2v) is 10.4. The number of thiocarbonyl (C=S) groups is 1. The second-order valence-electron chi connectivity index (χ2n) is 7.03. The van der Waals surface area contributed by atoms with Crippen molar-refractivity contribution in [1.29, 1.82) is 0 Å². The van der Waals surface area contributed by atoms with E-state index in [4.69, 9.17) is 12.2 Å². The van der Waals surface area contributed by atoms with Crippen LogP contribution in [-0.2, 0) is 14.8 Å². The molecule has 1 aliphatic rings. The molecule has 0 spiro atoms. The van der Waals surface area contributed by atoms with Crippen molar-refractivity contribution in [2.24, 2.45) is 10.2 Å². The van der Waals surface area contributed by atoms with Crippen LogP contribution in [0.15, 0.2) is 75.8 Å². The molecule has 1 amide bonds. The number of para-hydroxylation sites is 1. The number of thioether (sulfide) groups is 1. The van der Waals surface area contributed by atoms with Crippen molar-refractivity contribution in [3.63, 3.8) is 0 Å². The number of nitrogens with one attached hydrogen (secondary N) is 1. The summed E-state index contributed by atoms with van der Waals surface area (Å²) in [6.07, 6.45) is 0. The number of hydrogen-bond acceptors (Lipinski definition) is 9. The number of azo groups is 1. The van der Waals surface area contributed by atoms with Gasteiger partial charge in [0, 0.05) is 11.4 Å². The summed E-state index contributed by atoms with van der Waals surface area (Å²) in [4.78, 5) is 22.3. The van der Waals surface area contributed by atoms with E-state index in [1.54, 1.807) is 32.0 Å². The maximum Gasteiger partial charge on any atom is 0.270 e. The smallest absolute Gasteiger partial charge is 0.270 e. The third-order valence-electron chi connectivity index (χ3n) is 4.47. The highest BCUT2D eigenvalue weighted by Gasteiger charge is 2.38. The summed E-state index contributed by atoms with van der Waals surface area (Å²) in [5.74, 6) is -0.274. The molecule has 168 valence electrons. The summed E-state index contributed by atoms with van der Waals surface area (Å²) in [7, 11) is -3.88. The van der Waals surface area contributed by atoms with Crippen LogP contribution < -0.4 is 9.62 Å². The predicted octanol–water partition coefficient (Wildman–Crippen LogP) is 4.37. The van der Waals surface area contributed by atoms with Gasteiger partial charge in [-0.3, -0.25) is 9.69 Å². The topological polar surface area (TPSA) is 117 Å². The van der Waals surface area contributed by atoms with Gasteiger partial charge in [0.05, 0.1) is 16.3 Å². The Balaban J connectivity index is 1.46. The zero-order chi connectivity index (χ0) is 23.6. The fourth-order valence-corrected chi connectivity index (χ4v) is 5.25. The lowest BCUT2D eigenvalue weighted by Crippen LogP contribution is -2.30. The van der Waals surface area contributed by atoms with Gasteiger partial charge in [-0.1, -0.05) is 42.2 Å². The van der Waals surface area contributed by atoms with Crippen molar-refractivity contribution in [2.75, 3.05) is 9.62 Å². The average Bonchev–Trinajstić information content (AvgIpc) is 3.05. The third kappa shape index (κ3) is 5.24. The highest BCUT2D eigenvalue weighted by Crippen LogP contribution is 2.33. The largest absolute Gasteiger partial charge is 0.270 e. The van der Waals surface area contributed by atoms with Crippen LogP contribution >= 0.6 is 24.0 Å². The van der Waals surface area contributed by atoms with Gasteiger partial charge >= 0.3 is 0 Å². The van der Waals surface area contributed by atoms with Gasteiger partial charge in [0.1, 0.15) is 4.32 Å². The zero-order valence-electron chi connectivity index (χ0n) is 17.5. The molecule has 1 aliphatic heterocycles. The number of anilines is 2. The first kappa shape index (κ1) is 23.0. The van der Waals surface area contributed by atoms with E-state index in [2.05, 4.69) is 24.9 Å². The van der Waals surface area contributed by atoms with Crippen LogP contribution in [0.5, 0.6) is 0 Å². The van der Waals surface area contributed by atoms with Gasteiger partial charge in [0.25, 0.3) is 15.9 Å². The van der Waals surface area contributed by atoms with Gasteiger partial charge < -0.3 is 0 Å². The fourth-order valence-electron chi connectivity index (χ4n) is 3.04. The Kier molecular flexibility index (Phi) is 6.49. The van der Waals surface area contributed by atoms with Crippen molar-refractivity contribution < 1.29 is 13.2 Å². The van der Waals surface area contributed by atoms with Gasteiger partial charge in [-0.2, -0.15) is 10.2 Å². The highest BCUT2D eigenvalue weighted by molar-refractivity contribution is 8.25.